The molecule has 6 heteroatoms. The topological polar surface area (TPSA) is 62.6 Å². The zero-order valence-electron chi connectivity index (χ0n) is 18.5. The zero-order chi connectivity index (χ0) is 21.4. The predicted octanol–water partition coefficient (Wildman–Crippen LogP) is 4.09. The van der Waals surface area contributed by atoms with E-state index in [2.05, 4.69) is 36.2 Å². The van der Waals surface area contributed by atoms with Gasteiger partial charge in [0.25, 0.3) is 5.56 Å². The molecule has 6 nitrogen and oxygen atoms in total. The molecule has 2 bridgehead atoms. The van der Waals surface area contributed by atoms with E-state index in [1.807, 2.05) is 4.57 Å². The van der Waals surface area contributed by atoms with Crippen LogP contribution in [0.4, 0.5) is 0 Å². The third-order valence-corrected chi connectivity index (χ3v) is 7.84. The largest absolute Gasteiger partial charge is 0.490 e. The average Bonchev–Trinajstić information content (AvgIpc) is 3.15. The van der Waals surface area contributed by atoms with Crippen LogP contribution in [0.3, 0.4) is 0 Å². The molecule has 1 aliphatic heterocycles. The molecule has 2 aliphatic carbocycles. The van der Waals surface area contributed by atoms with Crippen molar-refractivity contribution in [3.05, 3.63) is 51.9 Å². The van der Waals surface area contributed by atoms with Gasteiger partial charge in [0.05, 0.1) is 18.8 Å². The molecule has 166 valence electrons. The number of ether oxygens (including phenoxy) is 3. The van der Waals surface area contributed by atoms with Gasteiger partial charge < -0.3 is 14.2 Å². The van der Waals surface area contributed by atoms with Crippen LogP contribution in [0.5, 0.6) is 11.8 Å². The maximum Gasteiger partial charge on any atom is 0.300 e. The third kappa shape index (κ3) is 3.75. The van der Waals surface area contributed by atoms with E-state index < -0.39 is 0 Å². The third-order valence-electron chi connectivity index (χ3n) is 7.84. The standard InChI is InChI=1S/C25H32N2O4/c1-25(17-5-3-6-18(25)8-4-7-17)19-9-11-21(12-10-19)30-16-22-14-27-20(15-29-2)13-23(28)26-24(27)31-22/h9-13,17-18,22H,3-8,14-16H2,1-2H3. The molecule has 1 aromatic carbocycles. The Bertz CT molecular complexity index is 962. The Morgan fingerprint density at radius 1 is 1.13 bits per heavy atom. The fourth-order valence-corrected chi connectivity index (χ4v) is 6.17. The van der Waals surface area contributed by atoms with Crippen molar-refractivity contribution < 1.29 is 14.2 Å². The normalized spacial score (nSPS) is 29.3. The van der Waals surface area contributed by atoms with Gasteiger partial charge in [-0.15, -0.1) is 0 Å². The first-order valence-electron chi connectivity index (χ1n) is 11.6. The number of hydrogen-bond donors (Lipinski definition) is 0. The summed E-state index contributed by atoms with van der Waals surface area (Å²) in [6, 6.07) is 10.6. The summed E-state index contributed by atoms with van der Waals surface area (Å²) in [6.45, 7) is 3.85. The molecule has 5 rings (SSSR count). The molecule has 0 spiro atoms. The van der Waals surface area contributed by atoms with Crippen LogP contribution in [-0.4, -0.2) is 29.4 Å². The second-order valence-electron chi connectivity index (χ2n) is 9.53. The van der Waals surface area contributed by atoms with Gasteiger partial charge in [0.15, 0.2) is 6.10 Å². The van der Waals surface area contributed by atoms with Crippen molar-refractivity contribution in [1.29, 1.82) is 0 Å². The number of benzene rings is 1. The lowest BCUT2D eigenvalue weighted by Gasteiger charge is -2.52. The number of rotatable bonds is 6. The SMILES string of the molecule is COCc1cc(=O)nc2n1CC(COc1ccc(C3(C)C4CCCC3CCC4)cc1)O2. The van der Waals surface area contributed by atoms with Gasteiger partial charge in [-0.25, -0.2) is 0 Å². The van der Waals surface area contributed by atoms with Crippen molar-refractivity contribution in [1.82, 2.24) is 9.55 Å². The van der Waals surface area contributed by atoms with Crippen LogP contribution in [0, 0.1) is 11.8 Å². The summed E-state index contributed by atoms with van der Waals surface area (Å²) >= 11 is 0. The highest BCUT2D eigenvalue weighted by Crippen LogP contribution is 2.54. The molecule has 0 N–H and O–H groups in total. The highest BCUT2D eigenvalue weighted by atomic mass is 16.6. The summed E-state index contributed by atoms with van der Waals surface area (Å²) in [5, 5.41) is 0. The average molecular weight is 425 g/mol. The lowest BCUT2D eigenvalue weighted by molar-refractivity contribution is 0.0666. The van der Waals surface area contributed by atoms with Gasteiger partial charge in [0.1, 0.15) is 12.4 Å². The van der Waals surface area contributed by atoms with Crippen molar-refractivity contribution in [2.75, 3.05) is 13.7 Å². The number of nitrogens with zero attached hydrogens (tertiary/aromatic N) is 2. The van der Waals surface area contributed by atoms with E-state index in [0.717, 1.165) is 23.3 Å². The Hall–Kier alpha value is -2.34. The summed E-state index contributed by atoms with van der Waals surface area (Å²) in [4.78, 5) is 15.8. The Morgan fingerprint density at radius 2 is 1.81 bits per heavy atom. The number of fused-ring (bicyclic) bond motifs is 3. The first-order valence-corrected chi connectivity index (χ1v) is 11.6. The molecule has 1 atom stereocenters. The van der Waals surface area contributed by atoms with Gasteiger partial charge in [-0.2, -0.15) is 4.98 Å². The zero-order valence-corrected chi connectivity index (χ0v) is 18.5. The molecule has 2 heterocycles. The minimum Gasteiger partial charge on any atom is -0.490 e. The molecule has 1 unspecified atom stereocenters. The number of methoxy groups -OCH3 is 1. The van der Waals surface area contributed by atoms with Crippen LogP contribution in [0.25, 0.3) is 0 Å². The van der Waals surface area contributed by atoms with E-state index in [0.29, 0.717) is 31.2 Å². The van der Waals surface area contributed by atoms with Gasteiger partial charge in [-0.1, -0.05) is 31.9 Å². The van der Waals surface area contributed by atoms with E-state index in [9.17, 15) is 4.79 Å². The molecule has 2 fully saturated rings. The Labute approximate surface area is 183 Å². The van der Waals surface area contributed by atoms with E-state index in [1.165, 1.54) is 50.2 Å². The van der Waals surface area contributed by atoms with Crippen LogP contribution >= 0.6 is 0 Å². The highest BCUT2D eigenvalue weighted by Gasteiger charge is 2.46. The van der Waals surface area contributed by atoms with Crippen molar-refractivity contribution in [3.8, 4) is 11.8 Å². The summed E-state index contributed by atoms with van der Waals surface area (Å²) in [5.41, 5.74) is 2.24. The fraction of sp³-hybridized carbons (Fsp3) is 0.600. The molecule has 0 amide bonds. The molecule has 31 heavy (non-hydrogen) atoms. The maximum atomic E-state index is 11.8. The minimum atomic E-state index is -0.309. The summed E-state index contributed by atoms with van der Waals surface area (Å²) in [6.07, 6.45) is 8.07. The summed E-state index contributed by atoms with van der Waals surface area (Å²) in [7, 11) is 1.61. The monoisotopic (exact) mass is 424 g/mol. The van der Waals surface area contributed by atoms with Gasteiger partial charge in [0.2, 0.25) is 0 Å². The minimum absolute atomic E-state index is 0.181. The molecule has 3 aliphatic rings. The second-order valence-corrected chi connectivity index (χ2v) is 9.53. The molecule has 1 aromatic heterocycles. The fourth-order valence-electron chi connectivity index (χ4n) is 6.17. The van der Waals surface area contributed by atoms with E-state index in [-0.39, 0.29) is 11.7 Å². The first-order chi connectivity index (χ1) is 15.1. The van der Waals surface area contributed by atoms with Crippen LogP contribution in [-0.2, 0) is 23.3 Å². The summed E-state index contributed by atoms with van der Waals surface area (Å²) < 4.78 is 19.0. The Morgan fingerprint density at radius 3 is 2.45 bits per heavy atom. The van der Waals surface area contributed by atoms with Crippen molar-refractivity contribution >= 4 is 0 Å². The van der Waals surface area contributed by atoms with Gasteiger partial charge in [0, 0.05) is 13.2 Å². The molecule has 0 saturated heterocycles. The van der Waals surface area contributed by atoms with Crippen LogP contribution in [0.1, 0.15) is 56.7 Å². The predicted molar refractivity (Wildman–Crippen MR) is 118 cm³/mol. The molecule has 2 saturated carbocycles. The van der Waals surface area contributed by atoms with Gasteiger partial charge in [-0.3, -0.25) is 9.36 Å². The smallest absolute Gasteiger partial charge is 0.300 e. The van der Waals surface area contributed by atoms with E-state index >= 15 is 0 Å². The van der Waals surface area contributed by atoms with Crippen molar-refractivity contribution in [2.24, 2.45) is 11.8 Å². The lowest BCUT2D eigenvalue weighted by atomic mass is 9.53. The van der Waals surface area contributed by atoms with Crippen LogP contribution in [0.15, 0.2) is 35.1 Å². The summed E-state index contributed by atoms with van der Waals surface area (Å²) in [5.74, 6) is 2.48. The second kappa shape index (κ2) is 8.30. The molecular formula is C25H32N2O4. The molecule has 0 radical (unpaired) electrons. The van der Waals surface area contributed by atoms with E-state index in [4.69, 9.17) is 14.2 Å². The van der Waals surface area contributed by atoms with Gasteiger partial charge >= 0.3 is 6.01 Å². The lowest BCUT2D eigenvalue weighted by Crippen LogP contribution is -2.45. The Kier molecular flexibility index (Phi) is 5.51. The van der Waals surface area contributed by atoms with Gasteiger partial charge in [-0.05, 0) is 60.6 Å². The molecular weight excluding hydrogens is 392 g/mol. The van der Waals surface area contributed by atoms with Crippen molar-refractivity contribution in [2.45, 2.75) is 70.1 Å². The first kappa shape index (κ1) is 20.6. The Balaban J connectivity index is 1.24. The van der Waals surface area contributed by atoms with E-state index in [1.54, 1.807) is 7.11 Å². The highest BCUT2D eigenvalue weighted by molar-refractivity contribution is 5.34. The molecule has 2 aromatic rings. The van der Waals surface area contributed by atoms with Crippen LogP contribution < -0.4 is 15.0 Å². The van der Waals surface area contributed by atoms with Crippen LogP contribution in [0.2, 0.25) is 0 Å². The number of hydrogen-bond acceptors (Lipinski definition) is 5. The number of aromatic nitrogens is 2. The maximum absolute atomic E-state index is 11.8. The van der Waals surface area contributed by atoms with Crippen molar-refractivity contribution in [3.63, 3.8) is 0 Å². The quantitative estimate of drug-likeness (QED) is 0.699.